The van der Waals surface area contributed by atoms with Crippen LogP contribution in [0.4, 0.5) is 0 Å². The zero-order valence-electron chi connectivity index (χ0n) is 30.0. The van der Waals surface area contributed by atoms with Crippen LogP contribution in [0.2, 0.25) is 0 Å². The van der Waals surface area contributed by atoms with E-state index in [1.807, 2.05) is 60.7 Å². The van der Waals surface area contributed by atoms with E-state index in [4.69, 9.17) is 48.1 Å². The van der Waals surface area contributed by atoms with Crippen molar-refractivity contribution >= 4 is 0 Å². The van der Waals surface area contributed by atoms with E-state index < -0.39 is 5.41 Å². The molecule has 0 aromatic heterocycles. The molecule has 0 saturated carbocycles. The van der Waals surface area contributed by atoms with Gasteiger partial charge in [-0.3, -0.25) is 0 Å². The summed E-state index contributed by atoms with van der Waals surface area (Å²) in [5.74, 6) is 2.08. The molecule has 0 atom stereocenters. The second kappa shape index (κ2) is 21.5. The molecular formula is C41H50O12. The summed E-state index contributed by atoms with van der Waals surface area (Å²) in [5.41, 5.74) is 5.38. The first-order chi connectivity index (χ1) is 26.2. The lowest BCUT2D eigenvalue weighted by Gasteiger charge is -2.34. The van der Waals surface area contributed by atoms with Crippen molar-refractivity contribution in [3.63, 3.8) is 0 Å². The Balaban J connectivity index is 1.61. The quantitative estimate of drug-likeness (QED) is 0.0614. The van der Waals surface area contributed by atoms with E-state index in [-0.39, 0.29) is 92.5 Å². The average molecular weight is 735 g/mol. The summed E-state index contributed by atoms with van der Waals surface area (Å²) in [6, 6.07) is 28.6. The first-order valence-electron chi connectivity index (χ1n) is 17.9. The molecule has 4 N–H and O–H groups in total. The minimum absolute atomic E-state index is 0.0711. The normalized spacial score (nSPS) is 12.7. The third-order valence-corrected chi connectivity index (χ3v) is 8.59. The summed E-state index contributed by atoms with van der Waals surface area (Å²) < 4.78 is 46.7. The van der Waals surface area contributed by atoms with Crippen LogP contribution in [0.5, 0.6) is 23.0 Å². The van der Waals surface area contributed by atoms with Gasteiger partial charge in [-0.1, -0.05) is 60.7 Å². The zero-order valence-corrected chi connectivity index (χ0v) is 30.0. The van der Waals surface area contributed by atoms with Crippen LogP contribution in [0.15, 0.2) is 84.9 Å². The van der Waals surface area contributed by atoms with Gasteiger partial charge in [0.2, 0.25) is 0 Å². The van der Waals surface area contributed by atoms with Crippen molar-refractivity contribution in [3.8, 4) is 34.1 Å². The van der Waals surface area contributed by atoms with Crippen LogP contribution in [0.25, 0.3) is 11.1 Å². The molecule has 1 aliphatic rings. The predicted molar refractivity (Wildman–Crippen MR) is 197 cm³/mol. The van der Waals surface area contributed by atoms with E-state index in [1.165, 1.54) is 0 Å². The summed E-state index contributed by atoms with van der Waals surface area (Å²) in [6.45, 7) is 2.64. The molecule has 0 amide bonds. The fourth-order valence-electron chi connectivity index (χ4n) is 6.48. The molecule has 4 aromatic carbocycles. The van der Waals surface area contributed by atoms with E-state index in [1.54, 1.807) is 0 Å². The van der Waals surface area contributed by atoms with E-state index in [2.05, 4.69) is 24.3 Å². The molecule has 0 spiro atoms. The van der Waals surface area contributed by atoms with Crippen LogP contribution in [-0.2, 0) is 24.4 Å². The minimum atomic E-state index is -0.824. The number of benzene rings is 4. The summed E-state index contributed by atoms with van der Waals surface area (Å²) >= 11 is 0. The molecule has 0 bridgehead atoms. The zero-order chi connectivity index (χ0) is 37.1. The highest BCUT2D eigenvalue weighted by molar-refractivity contribution is 5.86. The van der Waals surface area contributed by atoms with Crippen molar-refractivity contribution in [3.05, 3.63) is 107 Å². The standard InChI is InChI=1S/C41H50O12/c42-13-17-46-21-25-50-37-11-9-31(29-39(37)52-27-23-48-19-15-44)41(35-7-3-1-5-33(35)34-6-2-4-8-36(34)41)32-10-12-38(51-26-22-47-18-14-43)40(30-32)53-28-24-49-20-16-45/h1-12,29-30,42-45H,13-28H2. The maximum absolute atomic E-state index is 9.17. The Hall–Kier alpha value is -4.24. The first-order valence-corrected chi connectivity index (χ1v) is 17.9. The number of hydrogen-bond acceptors (Lipinski definition) is 12. The smallest absolute Gasteiger partial charge is 0.161 e. The third-order valence-electron chi connectivity index (χ3n) is 8.59. The molecule has 12 nitrogen and oxygen atoms in total. The largest absolute Gasteiger partial charge is 0.487 e. The molecule has 0 heterocycles. The molecular weight excluding hydrogens is 684 g/mol. The van der Waals surface area contributed by atoms with Gasteiger partial charge in [-0.2, -0.15) is 0 Å². The van der Waals surface area contributed by atoms with Crippen molar-refractivity contribution in [2.45, 2.75) is 5.41 Å². The summed E-state index contributed by atoms with van der Waals surface area (Å²) in [4.78, 5) is 0. The second-order valence-corrected chi connectivity index (χ2v) is 11.9. The van der Waals surface area contributed by atoms with E-state index in [0.717, 1.165) is 33.4 Å². The number of rotatable bonds is 26. The van der Waals surface area contributed by atoms with Crippen molar-refractivity contribution in [1.82, 2.24) is 0 Å². The van der Waals surface area contributed by atoms with Gasteiger partial charge in [0.1, 0.15) is 26.4 Å². The van der Waals surface area contributed by atoms with Crippen LogP contribution in [0.1, 0.15) is 22.3 Å². The lowest BCUT2D eigenvalue weighted by Crippen LogP contribution is -2.29. The highest BCUT2D eigenvalue weighted by Crippen LogP contribution is 2.57. The number of fused-ring (bicyclic) bond motifs is 3. The molecule has 0 unspecified atom stereocenters. The van der Waals surface area contributed by atoms with Crippen molar-refractivity contribution in [1.29, 1.82) is 0 Å². The molecule has 0 fully saturated rings. The van der Waals surface area contributed by atoms with E-state index in [9.17, 15) is 10.2 Å². The van der Waals surface area contributed by atoms with Gasteiger partial charge in [0.05, 0.1) is 84.7 Å². The Morgan fingerprint density at radius 1 is 0.358 bits per heavy atom. The number of hydrogen-bond donors (Lipinski definition) is 4. The van der Waals surface area contributed by atoms with Crippen LogP contribution in [0.3, 0.4) is 0 Å². The van der Waals surface area contributed by atoms with E-state index in [0.29, 0.717) is 36.2 Å². The first kappa shape index (κ1) is 40.0. The molecule has 1 aliphatic carbocycles. The highest BCUT2D eigenvalue weighted by atomic mass is 16.6. The van der Waals surface area contributed by atoms with Gasteiger partial charge in [-0.15, -0.1) is 0 Å². The monoisotopic (exact) mass is 734 g/mol. The van der Waals surface area contributed by atoms with Gasteiger partial charge in [0.25, 0.3) is 0 Å². The van der Waals surface area contributed by atoms with Gasteiger partial charge in [0, 0.05) is 0 Å². The Morgan fingerprint density at radius 3 is 1.06 bits per heavy atom. The van der Waals surface area contributed by atoms with Gasteiger partial charge in [0.15, 0.2) is 23.0 Å². The lowest BCUT2D eigenvalue weighted by atomic mass is 9.67. The lowest BCUT2D eigenvalue weighted by molar-refractivity contribution is 0.0644. The minimum Gasteiger partial charge on any atom is -0.487 e. The van der Waals surface area contributed by atoms with Crippen LogP contribution >= 0.6 is 0 Å². The van der Waals surface area contributed by atoms with Crippen molar-refractivity contribution in [2.24, 2.45) is 0 Å². The Bertz CT molecular complexity index is 1560. The number of ether oxygens (including phenoxy) is 8. The molecule has 0 saturated heterocycles. The topological polar surface area (TPSA) is 155 Å². The fraction of sp³-hybridized carbons (Fsp3) is 0.415. The SMILES string of the molecule is OCCOCCOc1ccc(C2(c3ccc(OCCOCCO)c(OCCOCCO)c3)c3ccccc3-c3ccccc32)cc1OCCOCCO. The van der Waals surface area contributed by atoms with Crippen LogP contribution < -0.4 is 18.9 Å². The van der Waals surface area contributed by atoms with E-state index >= 15 is 0 Å². The van der Waals surface area contributed by atoms with Gasteiger partial charge in [-0.25, -0.2) is 0 Å². The summed E-state index contributed by atoms with van der Waals surface area (Å²) in [6.07, 6.45) is 0. The van der Waals surface area contributed by atoms with Crippen molar-refractivity contribution in [2.75, 3.05) is 106 Å². The summed E-state index contributed by atoms with van der Waals surface area (Å²) in [7, 11) is 0. The molecule has 286 valence electrons. The second-order valence-electron chi connectivity index (χ2n) is 11.9. The molecule has 5 rings (SSSR count). The van der Waals surface area contributed by atoms with Gasteiger partial charge >= 0.3 is 0 Å². The maximum Gasteiger partial charge on any atom is 0.161 e. The van der Waals surface area contributed by atoms with Crippen LogP contribution in [0, 0.1) is 0 Å². The molecule has 4 aromatic rings. The third kappa shape index (κ3) is 10.0. The van der Waals surface area contributed by atoms with Gasteiger partial charge in [-0.05, 0) is 57.6 Å². The van der Waals surface area contributed by atoms with Gasteiger partial charge < -0.3 is 58.3 Å². The Morgan fingerprint density at radius 2 is 0.698 bits per heavy atom. The maximum atomic E-state index is 9.17. The van der Waals surface area contributed by atoms with Crippen LogP contribution in [-0.4, -0.2) is 126 Å². The average Bonchev–Trinajstić information content (AvgIpc) is 3.49. The van der Waals surface area contributed by atoms with Crippen molar-refractivity contribution < 1.29 is 58.3 Å². The Kier molecular flexibility index (Phi) is 16.2. The molecule has 12 heteroatoms. The molecule has 0 aliphatic heterocycles. The highest BCUT2D eigenvalue weighted by Gasteiger charge is 2.46. The number of aliphatic hydroxyl groups excluding tert-OH is 4. The number of aliphatic hydroxyl groups is 4. The summed E-state index contributed by atoms with van der Waals surface area (Å²) in [5, 5.41) is 36.5. The Labute approximate surface area is 310 Å². The molecule has 0 radical (unpaired) electrons. The predicted octanol–water partition coefficient (Wildman–Crippen LogP) is 3.60. The fourth-order valence-corrected chi connectivity index (χ4v) is 6.48. The molecule has 53 heavy (non-hydrogen) atoms.